The lowest BCUT2D eigenvalue weighted by Crippen LogP contribution is -2.54. The highest BCUT2D eigenvalue weighted by Gasteiger charge is 2.34. The number of hydrogen-bond donors (Lipinski definition) is 4. The third-order valence-electron chi connectivity index (χ3n) is 12.0. The van der Waals surface area contributed by atoms with E-state index in [-0.39, 0.29) is 58.7 Å². The fourth-order valence-electron chi connectivity index (χ4n) is 7.58. The molecule has 3 aliphatic heterocycles. The Morgan fingerprint density at radius 2 is 1.14 bits per heavy atom. The van der Waals surface area contributed by atoms with Crippen LogP contribution in [-0.4, -0.2) is 147 Å². The van der Waals surface area contributed by atoms with E-state index in [4.69, 9.17) is 15.3 Å². The van der Waals surface area contributed by atoms with Gasteiger partial charge in [-0.3, -0.25) is 38.7 Å². The van der Waals surface area contributed by atoms with Crippen LogP contribution in [0.1, 0.15) is 153 Å². The van der Waals surface area contributed by atoms with Crippen molar-refractivity contribution in [3.63, 3.8) is 0 Å². The van der Waals surface area contributed by atoms with Gasteiger partial charge in [-0.05, 0) is 143 Å². The fraction of sp³-hybridized carbons (Fsp3) is 0.700. The molecule has 3 aliphatic rings. The molecule has 3 fully saturated rings. The second-order valence-corrected chi connectivity index (χ2v) is 22.2. The lowest BCUT2D eigenvalue weighted by atomic mass is 9.93. The first kappa shape index (κ1) is 56.4. The number of hydrogen-bond acceptors (Lipinski definition) is 10. The van der Waals surface area contributed by atoms with Gasteiger partial charge in [-0.25, -0.2) is 0 Å². The molecule has 4 heterocycles. The Balaban J connectivity index is 0.000000310. The quantitative estimate of drug-likeness (QED) is 0.172. The molecule has 0 saturated carbocycles. The molecule has 2 amide bonds. The van der Waals surface area contributed by atoms with Gasteiger partial charge in [-0.15, -0.1) is 11.3 Å². The number of piperidine rings is 1. The van der Waals surface area contributed by atoms with Crippen LogP contribution in [0, 0.1) is 11.8 Å². The highest BCUT2D eigenvalue weighted by molar-refractivity contribution is 7.14. The number of carboxylic acid groups (broad SMARTS) is 2. The van der Waals surface area contributed by atoms with Crippen molar-refractivity contribution in [1.82, 2.24) is 24.9 Å². The Labute approximate surface area is 389 Å². The van der Waals surface area contributed by atoms with Gasteiger partial charge in [0.05, 0.1) is 23.3 Å². The number of carboxylic acids is 2. The molecule has 2 aromatic rings. The maximum Gasteiger partial charge on any atom is 0.307 e. The van der Waals surface area contributed by atoms with Gasteiger partial charge in [-0.1, -0.05) is 39.8 Å². The van der Waals surface area contributed by atoms with E-state index in [1.165, 1.54) is 4.88 Å². The molecule has 1 aromatic carbocycles. The molecule has 0 bridgehead atoms. The van der Waals surface area contributed by atoms with Crippen molar-refractivity contribution in [2.24, 2.45) is 11.8 Å². The molecule has 4 N–H and O–H groups in total. The van der Waals surface area contributed by atoms with Gasteiger partial charge in [0.1, 0.15) is 0 Å². The van der Waals surface area contributed by atoms with Gasteiger partial charge >= 0.3 is 11.9 Å². The minimum Gasteiger partial charge on any atom is -0.481 e. The summed E-state index contributed by atoms with van der Waals surface area (Å²) in [6, 6.07) is 11.2. The predicted octanol–water partition coefficient (Wildman–Crippen LogP) is 7.70. The summed E-state index contributed by atoms with van der Waals surface area (Å²) < 4.78 is 0. The summed E-state index contributed by atoms with van der Waals surface area (Å²) in [5.41, 5.74) is 2.18. The number of thiophene rings is 1. The largest absolute Gasteiger partial charge is 0.481 e. The summed E-state index contributed by atoms with van der Waals surface area (Å²) in [4.78, 5) is 67.9. The van der Waals surface area contributed by atoms with Gasteiger partial charge in [0.2, 0.25) is 5.91 Å². The summed E-state index contributed by atoms with van der Waals surface area (Å²) in [5, 5.41) is 28.9. The average molecular weight is 914 g/mol. The number of likely N-dealkylation sites (tertiary alicyclic amines) is 2. The Morgan fingerprint density at radius 3 is 1.55 bits per heavy atom. The summed E-state index contributed by atoms with van der Waals surface area (Å²) in [6.45, 7) is 35.4. The van der Waals surface area contributed by atoms with Crippen molar-refractivity contribution >= 4 is 40.9 Å². The summed E-state index contributed by atoms with van der Waals surface area (Å²) in [6.07, 6.45) is 4.14. The van der Waals surface area contributed by atoms with Crippen LogP contribution in [0.25, 0.3) is 0 Å². The van der Waals surface area contributed by atoms with Gasteiger partial charge in [0.15, 0.2) is 5.78 Å². The molecule has 0 aliphatic carbocycles. The number of benzene rings is 1. The maximum absolute atomic E-state index is 12.4. The van der Waals surface area contributed by atoms with Gasteiger partial charge in [-0.2, -0.15) is 0 Å². The smallest absolute Gasteiger partial charge is 0.307 e. The lowest BCUT2D eigenvalue weighted by molar-refractivity contribution is -0.144. The average Bonchev–Trinajstić information content (AvgIpc) is 3.95. The number of piperazine rings is 1. The van der Waals surface area contributed by atoms with Crippen molar-refractivity contribution < 1.29 is 39.3 Å². The molecule has 13 nitrogen and oxygen atoms in total. The fourth-order valence-corrected chi connectivity index (χ4v) is 8.62. The second kappa shape index (κ2) is 25.3. The first-order chi connectivity index (χ1) is 29.6. The molecule has 14 heteroatoms. The molecule has 362 valence electrons. The van der Waals surface area contributed by atoms with E-state index in [1.807, 2.05) is 36.1 Å². The van der Waals surface area contributed by atoms with Crippen LogP contribution in [0.5, 0.6) is 0 Å². The minimum atomic E-state index is -0.651. The van der Waals surface area contributed by atoms with Crippen molar-refractivity contribution in [1.29, 1.82) is 0 Å². The molecule has 0 spiro atoms. The summed E-state index contributed by atoms with van der Waals surface area (Å²) in [5.74, 6) is -1.30. The molecular weight excluding hydrogens is 831 g/mol. The highest BCUT2D eigenvalue weighted by atomic mass is 32.1. The van der Waals surface area contributed by atoms with Crippen LogP contribution in [0.3, 0.4) is 0 Å². The lowest BCUT2D eigenvalue weighted by Gasteiger charge is -2.42. The van der Waals surface area contributed by atoms with E-state index in [1.54, 1.807) is 23.5 Å². The Hall–Kier alpha value is -3.69. The van der Waals surface area contributed by atoms with Crippen LogP contribution < -0.4 is 5.32 Å². The molecule has 3 saturated heterocycles. The monoisotopic (exact) mass is 914 g/mol. The van der Waals surface area contributed by atoms with Gasteiger partial charge < -0.3 is 25.5 Å². The number of nitrogens with one attached hydrogen (secondary N) is 1. The maximum atomic E-state index is 12.4. The Bertz CT molecular complexity index is 1770. The number of aliphatic hydroxyl groups excluding tert-OH is 1. The zero-order chi connectivity index (χ0) is 48.6. The molecule has 5 rings (SSSR count). The SMILES string of the molecule is CC(C)(C)N1CCC(C(=O)O)C1.CC(C)(C)N1CCC(C(=O)O)CC1.CC(C)(C)c1ccc(C(=O)CCc2ccc(C(=O)NCCO)cc2)s1.CCC(=O)N1CCN(C(C)(C)C)CC1. The predicted molar refractivity (Wildman–Crippen MR) is 258 cm³/mol. The third kappa shape index (κ3) is 19.4. The van der Waals surface area contributed by atoms with Crippen LogP contribution in [0.15, 0.2) is 36.4 Å². The van der Waals surface area contributed by atoms with E-state index in [2.05, 4.69) is 103 Å². The van der Waals surface area contributed by atoms with E-state index in [9.17, 15) is 24.0 Å². The minimum absolute atomic E-state index is 0.0651. The Kier molecular flexibility index (Phi) is 22.3. The summed E-state index contributed by atoms with van der Waals surface area (Å²) in [7, 11) is 0. The van der Waals surface area contributed by atoms with E-state index >= 15 is 0 Å². The number of aliphatic hydroxyl groups is 1. The number of ketones is 1. The van der Waals surface area contributed by atoms with E-state index in [0.29, 0.717) is 37.3 Å². The van der Waals surface area contributed by atoms with Crippen molar-refractivity contribution in [2.75, 3.05) is 65.5 Å². The van der Waals surface area contributed by atoms with Crippen molar-refractivity contribution in [2.45, 2.75) is 151 Å². The number of Topliss-reactive ketones (excluding diaryl/α,β-unsaturated/α-hetero) is 1. The topological polar surface area (TPSA) is 171 Å². The number of aryl methyl sites for hydroxylation is 1. The first-order valence-corrected chi connectivity index (χ1v) is 24.0. The van der Waals surface area contributed by atoms with Crippen LogP contribution in [0.4, 0.5) is 0 Å². The van der Waals surface area contributed by atoms with Crippen molar-refractivity contribution in [3.8, 4) is 0 Å². The molecule has 1 atom stereocenters. The molecule has 1 aromatic heterocycles. The number of amides is 2. The van der Waals surface area contributed by atoms with Gasteiger partial charge in [0.25, 0.3) is 5.91 Å². The zero-order valence-electron chi connectivity index (χ0n) is 41.5. The second-order valence-electron chi connectivity index (χ2n) is 21.1. The molecular formula is C50H83N5O8S. The normalized spacial score (nSPS) is 18.1. The zero-order valence-corrected chi connectivity index (χ0v) is 42.3. The highest BCUT2D eigenvalue weighted by Crippen LogP contribution is 2.30. The van der Waals surface area contributed by atoms with Gasteiger partial charge in [0, 0.05) is 79.2 Å². The van der Waals surface area contributed by atoms with Crippen LogP contribution in [-0.2, 0) is 26.2 Å². The number of carbonyl (C=O) groups is 5. The summed E-state index contributed by atoms with van der Waals surface area (Å²) >= 11 is 1.57. The van der Waals surface area contributed by atoms with Crippen LogP contribution >= 0.6 is 11.3 Å². The Morgan fingerprint density at radius 1 is 0.656 bits per heavy atom. The number of rotatable bonds is 10. The number of aliphatic carboxylic acids is 2. The first-order valence-electron chi connectivity index (χ1n) is 23.2. The van der Waals surface area contributed by atoms with E-state index in [0.717, 1.165) is 75.5 Å². The number of carbonyl (C=O) groups excluding carboxylic acids is 3. The molecule has 64 heavy (non-hydrogen) atoms. The van der Waals surface area contributed by atoms with Crippen LogP contribution in [0.2, 0.25) is 0 Å². The van der Waals surface area contributed by atoms with Crippen molar-refractivity contribution in [3.05, 3.63) is 57.3 Å². The molecule has 0 radical (unpaired) electrons. The molecule has 1 unspecified atom stereocenters. The number of nitrogens with zero attached hydrogens (tertiary/aromatic N) is 4. The van der Waals surface area contributed by atoms with E-state index < -0.39 is 11.9 Å². The standard InChI is InChI=1S/C20H25NO3S.C11H22N2O.C10H19NO2.C9H17NO2/c1-20(2,3)18-11-10-17(25-18)16(23)9-6-14-4-7-15(8-5-14)19(24)21-12-13-22;1-5-10(14)12-6-8-13(9-7-12)11(2,3)4;1-10(2,3)11-6-4-8(5-7-11)9(12)13;1-9(2,3)10-5-4-7(6-10)8(11)12/h4-5,7-8,10-11,22H,6,9,12-13H2,1-3H3,(H,21,24);5-9H2,1-4H3;8H,4-7H2,1-3H3,(H,12,13);7H,4-6H2,1-3H3,(H,11,12). The third-order valence-corrected chi connectivity index (χ3v) is 13.6.